The van der Waals surface area contributed by atoms with Crippen molar-refractivity contribution in [2.24, 2.45) is 0 Å². The third-order valence-electron chi connectivity index (χ3n) is 2.64. The highest BCUT2D eigenvalue weighted by atomic mass is 32.1. The number of aryl methyl sites for hydroxylation is 1. The molecule has 0 bridgehead atoms. The van der Waals surface area contributed by atoms with E-state index in [4.69, 9.17) is 5.26 Å². The van der Waals surface area contributed by atoms with Crippen LogP contribution in [0.3, 0.4) is 0 Å². The van der Waals surface area contributed by atoms with Gasteiger partial charge in [-0.15, -0.1) is 11.3 Å². The monoisotopic (exact) mass is 257 g/mol. The Kier molecular flexibility index (Phi) is 4.46. The van der Waals surface area contributed by atoms with Gasteiger partial charge in [0.15, 0.2) is 0 Å². The van der Waals surface area contributed by atoms with Gasteiger partial charge >= 0.3 is 0 Å². The first-order valence-electron chi connectivity index (χ1n) is 5.95. The van der Waals surface area contributed by atoms with Gasteiger partial charge < -0.3 is 5.32 Å². The summed E-state index contributed by atoms with van der Waals surface area (Å²) in [5.74, 6) is 0. The highest BCUT2D eigenvalue weighted by Crippen LogP contribution is 2.13. The molecule has 3 nitrogen and oxygen atoms in total. The van der Waals surface area contributed by atoms with Crippen molar-refractivity contribution in [3.8, 4) is 6.07 Å². The second-order valence-electron chi connectivity index (χ2n) is 3.99. The fraction of sp³-hybridized carbons (Fsp3) is 0.286. The number of benzene rings is 1. The Bertz CT molecular complexity index is 537. The molecule has 0 saturated heterocycles. The van der Waals surface area contributed by atoms with E-state index in [2.05, 4.69) is 23.3 Å². The fourth-order valence-electron chi connectivity index (χ4n) is 1.60. The zero-order valence-corrected chi connectivity index (χ0v) is 11.1. The summed E-state index contributed by atoms with van der Waals surface area (Å²) < 4.78 is 0. The molecule has 0 amide bonds. The van der Waals surface area contributed by atoms with Gasteiger partial charge in [0.1, 0.15) is 5.01 Å². The maximum atomic E-state index is 8.71. The van der Waals surface area contributed by atoms with E-state index in [1.165, 1.54) is 10.4 Å². The molecule has 1 aromatic heterocycles. The molecule has 1 heterocycles. The summed E-state index contributed by atoms with van der Waals surface area (Å²) in [4.78, 5) is 5.68. The summed E-state index contributed by atoms with van der Waals surface area (Å²) in [7, 11) is 0. The lowest BCUT2D eigenvalue weighted by Crippen LogP contribution is -2.12. The largest absolute Gasteiger partial charge is 0.306 e. The average Bonchev–Trinajstić information content (AvgIpc) is 2.87. The van der Waals surface area contributed by atoms with E-state index in [-0.39, 0.29) is 0 Å². The molecule has 0 unspecified atom stereocenters. The molecule has 92 valence electrons. The van der Waals surface area contributed by atoms with Gasteiger partial charge in [-0.1, -0.05) is 19.1 Å². The lowest BCUT2D eigenvalue weighted by atomic mass is 10.1. The lowest BCUT2D eigenvalue weighted by Gasteiger charge is -2.02. The summed E-state index contributed by atoms with van der Waals surface area (Å²) >= 11 is 1.76. The van der Waals surface area contributed by atoms with E-state index in [9.17, 15) is 0 Å². The van der Waals surface area contributed by atoms with Crippen molar-refractivity contribution < 1.29 is 0 Å². The van der Waals surface area contributed by atoms with Gasteiger partial charge in [0.25, 0.3) is 0 Å². The molecule has 0 atom stereocenters. The molecule has 0 saturated carbocycles. The van der Waals surface area contributed by atoms with E-state index < -0.39 is 0 Å². The molecule has 2 aromatic rings. The van der Waals surface area contributed by atoms with Crippen LogP contribution in [0.5, 0.6) is 0 Å². The lowest BCUT2D eigenvalue weighted by molar-refractivity contribution is 0.690. The van der Waals surface area contributed by atoms with Crippen molar-refractivity contribution in [2.45, 2.75) is 26.4 Å². The van der Waals surface area contributed by atoms with E-state index in [1.54, 1.807) is 11.3 Å². The Hall–Kier alpha value is -1.70. The summed E-state index contributed by atoms with van der Waals surface area (Å²) in [5.41, 5.74) is 1.88. The molecule has 18 heavy (non-hydrogen) atoms. The molecular formula is C14H15N3S. The van der Waals surface area contributed by atoms with Gasteiger partial charge in [-0.2, -0.15) is 5.26 Å². The number of hydrogen-bond acceptors (Lipinski definition) is 4. The van der Waals surface area contributed by atoms with Crippen LogP contribution in [0.25, 0.3) is 0 Å². The standard InChI is InChI=1S/C14H15N3S/c1-2-13-9-17-14(18-13)10-16-8-12-5-3-11(7-15)4-6-12/h3-6,9,16H,2,8,10H2,1H3. The number of aromatic nitrogens is 1. The van der Waals surface area contributed by atoms with Crippen molar-refractivity contribution in [2.75, 3.05) is 0 Å². The van der Waals surface area contributed by atoms with E-state index in [1.807, 2.05) is 30.5 Å². The number of nitriles is 1. The minimum atomic E-state index is 0.700. The first kappa shape index (κ1) is 12.7. The van der Waals surface area contributed by atoms with Crippen LogP contribution in [0.4, 0.5) is 0 Å². The normalized spacial score (nSPS) is 10.2. The fourth-order valence-corrected chi connectivity index (χ4v) is 2.44. The van der Waals surface area contributed by atoms with E-state index in [0.717, 1.165) is 24.5 Å². The van der Waals surface area contributed by atoms with Gasteiger partial charge in [0.2, 0.25) is 0 Å². The molecule has 0 fully saturated rings. The zero-order valence-electron chi connectivity index (χ0n) is 10.3. The minimum absolute atomic E-state index is 0.700. The molecule has 0 aliphatic carbocycles. The highest BCUT2D eigenvalue weighted by molar-refractivity contribution is 7.11. The maximum Gasteiger partial charge on any atom is 0.107 e. The van der Waals surface area contributed by atoms with Gasteiger partial charge in [0.05, 0.1) is 11.6 Å². The number of thiazole rings is 1. The highest BCUT2D eigenvalue weighted by Gasteiger charge is 2.00. The Morgan fingerprint density at radius 1 is 1.28 bits per heavy atom. The zero-order chi connectivity index (χ0) is 12.8. The molecule has 0 radical (unpaired) electrons. The Labute approximate surface area is 111 Å². The minimum Gasteiger partial charge on any atom is -0.306 e. The Balaban J connectivity index is 1.82. The predicted octanol–water partition coefficient (Wildman–Crippen LogP) is 2.87. The third-order valence-corrected chi connectivity index (χ3v) is 3.78. The quantitative estimate of drug-likeness (QED) is 0.896. The van der Waals surface area contributed by atoms with Crippen LogP contribution in [0.1, 0.15) is 27.9 Å². The molecule has 0 aliphatic heterocycles. The van der Waals surface area contributed by atoms with Crippen LogP contribution in [0.15, 0.2) is 30.5 Å². The molecule has 1 aromatic carbocycles. The first-order valence-corrected chi connectivity index (χ1v) is 6.77. The van der Waals surface area contributed by atoms with Gasteiger partial charge in [-0.3, -0.25) is 0 Å². The predicted molar refractivity (Wildman–Crippen MR) is 73.2 cm³/mol. The Morgan fingerprint density at radius 3 is 2.67 bits per heavy atom. The number of nitrogens with zero attached hydrogens (tertiary/aromatic N) is 2. The summed E-state index contributed by atoms with van der Waals surface area (Å²) in [6.45, 7) is 3.74. The van der Waals surface area contributed by atoms with Crippen LogP contribution in [0.2, 0.25) is 0 Å². The van der Waals surface area contributed by atoms with Crippen molar-refractivity contribution in [3.05, 3.63) is 51.5 Å². The van der Waals surface area contributed by atoms with Crippen LogP contribution in [-0.2, 0) is 19.5 Å². The number of rotatable bonds is 5. The Morgan fingerprint density at radius 2 is 2.06 bits per heavy atom. The second-order valence-corrected chi connectivity index (χ2v) is 5.19. The van der Waals surface area contributed by atoms with Crippen LogP contribution < -0.4 is 5.32 Å². The number of hydrogen-bond donors (Lipinski definition) is 1. The molecule has 4 heteroatoms. The topological polar surface area (TPSA) is 48.7 Å². The molecule has 0 aliphatic rings. The van der Waals surface area contributed by atoms with E-state index in [0.29, 0.717) is 5.56 Å². The smallest absolute Gasteiger partial charge is 0.107 e. The SMILES string of the molecule is CCc1cnc(CNCc2ccc(C#N)cc2)s1. The summed E-state index contributed by atoms with van der Waals surface area (Å²) in [5, 5.41) is 13.2. The van der Waals surface area contributed by atoms with Crippen LogP contribution in [0, 0.1) is 11.3 Å². The molecular weight excluding hydrogens is 242 g/mol. The van der Waals surface area contributed by atoms with Crippen LogP contribution in [-0.4, -0.2) is 4.98 Å². The summed E-state index contributed by atoms with van der Waals surface area (Å²) in [6.07, 6.45) is 3.00. The maximum absolute atomic E-state index is 8.71. The van der Waals surface area contributed by atoms with Crippen molar-refractivity contribution in [3.63, 3.8) is 0 Å². The van der Waals surface area contributed by atoms with Gasteiger partial charge in [0, 0.05) is 24.2 Å². The van der Waals surface area contributed by atoms with Gasteiger partial charge in [-0.25, -0.2) is 4.98 Å². The molecule has 1 N–H and O–H groups in total. The van der Waals surface area contributed by atoms with Gasteiger partial charge in [-0.05, 0) is 24.1 Å². The molecule has 0 spiro atoms. The van der Waals surface area contributed by atoms with Crippen molar-refractivity contribution >= 4 is 11.3 Å². The summed E-state index contributed by atoms with van der Waals surface area (Å²) in [6, 6.07) is 9.76. The van der Waals surface area contributed by atoms with Crippen molar-refractivity contribution in [1.29, 1.82) is 5.26 Å². The van der Waals surface area contributed by atoms with Crippen molar-refractivity contribution in [1.82, 2.24) is 10.3 Å². The third kappa shape index (κ3) is 3.39. The van der Waals surface area contributed by atoms with Crippen LogP contribution >= 0.6 is 11.3 Å². The van der Waals surface area contributed by atoms with E-state index >= 15 is 0 Å². The molecule has 2 rings (SSSR count). The first-order chi connectivity index (χ1) is 8.81. The average molecular weight is 257 g/mol. The second kappa shape index (κ2) is 6.29. The number of nitrogens with one attached hydrogen (secondary N) is 1.